The summed E-state index contributed by atoms with van der Waals surface area (Å²) in [4.78, 5) is 3.56. The van der Waals surface area contributed by atoms with Crippen LogP contribution in [0.15, 0.2) is 35.3 Å². The highest BCUT2D eigenvalue weighted by atomic mass is 19.3. The van der Waals surface area contributed by atoms with Crippen molar-refractivity contribution < 1.29 is 8.78 Å². The first-order valence-electron chi connectivity index (χ1n) is 4.33. The monoisotopic (exact) mass is 214 g/mol. The van der Waals surface area contributed by atoms with Crippen LogP contribution in [0, 0.1) is 0 Å². The molecule has 0 aliphatic carbocycles. The second kappa shape index (κ2) is 5.92. The molecule has 0 bridgehead atoms. The van der Waals surface area contributed by atoms with Gasteiger partial charge in [0.1, 0.15) is 6.54 Å². The Bertz CT molecular complexity index is 313. The Morgan fingerprint density at radius 3 is 2.53 bits per heavy atom. The summed E-state index contributed by atoms with van der Waals surface area (Å²) in [6.45, 7) is -0.584. The van der Waals surface area contributed by atoms with Crippen molar-refractivity contribution in [3.8, 4) is 0 Å². The number of alkyl halides is 2. The van der Waals surface area contributed by atoms with Gasteiger partial charge in [-0.15, -0.1) is 0 Å². The molecule has 0 aliphatic heterocycles. The van der Waals surface area contributed by atoms with Gasteiger partial charge in [-0.1, -0.05) is 18.2 Å². The van der Waals surface area contributed by atoms with Gasteiger partial charge >= 0.3 is 0 Å². The van der Waals surface area contributed by atoms with E-state index in [-0.39, 0.29) is 5.96 Å². The molecule has 0 saturated carbocycles. The van der Waals surface area contributed by atoms with Crippen molar-refractivity contribution in [2.24, 2.45) is 10.8 Å². The molecular formula is C9H12F2N4. The van der Waals surface area contributed by atoms with Crippen molar-refractivity contribution in [1.82, 2.24) is 5.43 Å². The molecule has 82 valence electrons. The molecule has 0 fully saturated rings. The molecule has 15 heavy (non-hydrogen) atoms. The van der Waals surface area contributed by atoms with Gasteiger partial charge in [-0.3, -0.25) is 5.43 Å². The highest BCUT2D eigenvalue weighted by molar-refractivity contribution is 5.93. The molecule has 0 amide bonds. The summed E-state index contributed by atoms with van der Waals surface area (Å²) in [6.07, 6.45) is -2.48. The van der Waals surface area contributed by atoms with Crippen LogP contribution in [0.5, 0.6) is 0 Å². The second-order valence-corrected chi connectivity index (χ2v) is 2.72. The highest BCUT2D eigenvalue weighted by Gasteiger charge is 2.02. The first-order valence-corrected chi connectivity index (χ1v) is 4.33. The molecule has 1 rings (SSSR count). The molecular weight excluding hydrogens is 202 g/mol. The average molecular weight is 214 g/mol. The van der Waals surface area contributed by atoms with Crippen molar-refractivity contribution >= 4 is 11.6 Å². The van der Waals surface area contributed by atoms with E-state index >= 15 is 0 Å². The predicted molar refractivity (Wildman–Crippen MR) is 55.7 cm³/mol. The van der Waals surface area contributed by atoms with Crippen LogP contribution in [0.1, 0.15) is 0 Å². The summed E-state index contributed by atoms with van der Waals surface area (Å²) in [5, 5.41) is 2.76. The van der Waals surface area contributed by atoms with E-state index in [0.29, 0.717) is 0 Å². The minimum atomic E-state index is -2.48. The van der Waals surface area contributed by atoms with E-state index in [1.165, 1.54) is 0 Å². The van der Waals surface area contributed by atoms with Gasteiger partial charge in [-0.2, -0.15) is 0 Å². The molecule has 6 heteroatoms. The summed E-state index contributed by atoms with van der Waals surface area (Å²) < 4.78 is 23.7. The molecule has 0 unspecified atom stereocenters. The Labute approximate surface area is 86.2 Å². The lowest BCUT2D eigenvalue weighted by atomic mass is 10.3. The fourth-order valence-electron chi connectivity index (χ4n) is 0.940. The SMILES string of the molecule is NNC(=NCC(F)F)Nc1ccccc1. The van der Waals surface area contributed by atoms with Gasteiger partial charge in [0.25, 0.3) is 6.43 Å². The van der Waals surface area contributed by atoms with Gasteiger partial charge in [-0.25, -0.2) is 19.6 Å². The molecule has 0 heterocycles. The van der Waals surface area contributed by atoms with Gasteiger partial charge in [0.15, 0.2) is 0 Å². The highest BCUT2D eigenvalue weighted by Crippen LogP contribution is 2.04. The maximum Gasteiger partial charge on any atom is 0.257 e. The summed E-state index contributed by atoms with van der Waals surface area (Å²) in [5.41, 5.74) is 2.94. The van der Waals surface area contributed by atoms with Crippen LogP contribution < -0.4 is 16.6 Å². The number of hydrogen-bond acceptors (Lipinski definition) is 2. The van der Waals surface area contributed by atoms with E-state index < -0.39 is 13.0 Å². The zero-order valence-corrected chi connectivity index (χ0v) is 7.95. The van der Waals surface area contributed by atoms with E-state index in [9.17, 15) is 8.78 Å². The molecule has 0 saturated heterocycles. The molecule has 0 aromatic heterocycles. The summed E-state index contributed by atoms with van der Waals surface area (Å²) in [6, 6.07) is 9.01. The Kier molecular flexibility index (Phi) is 4.49. The topological polar surface area (TPSA) is 62.4 Å². The molecule has 1 aromatic rings. The van der Waals surface area contributed by atoms with E-state index in [1.54, 1.807) is 12.1 Å². The van der Waals surface area contributed by atoms with E-state index in [2.05, 4.69) is 15.7 Å². The van der Waals surface area contributed by atoms with Crippen molar-refractivity contribution in [3.05, 3.63) is 30.3 Å². The Morgan fingerprint density at radius 2 is 2.00 bits per heavy atom. The predicted octanol–water partition coefficient (Wildman–Crippen LogP) is 1.18. The quantitative estimate of drug-likeness (QED) is 0.306. The molecule has 4 N–H and O–H groups in total. The number of hydrazine groups is 1. The van der Waals surface area contributed by atoms with Crippen LogP contribution in [-0.4, -0.2) is 18.9 Å². The Morgan fingerprint density at radius 1 is 1.33 bits per heavy atom. The van der Waals surface area contributed by atoms with Crippen LogP contribution in [0.2, 0.25) is 0 Å². The number of halogens is 2. The number of aliphatic imine (C=N–C) groups is 1. The van der Waals surface area contributed by atoms with Crippen LogP contribution in [0.3, 0.4) is 0 Å². The molecule has 4 nitrogen and oxygen atoms in total. The zero-order chi connectivity index (χ0) is 11.1. The fourth-order valence-corrected chi connectivity index (χ4v) is 0.940. The normalized spacial score (nSPS) is 11.6. The minimum absolute atomic E-state index is 0.113. The van der Waals surface area contributed by atoms with E-state index in [0.717, 1.165) is 5.69 Å². The third-order valence-electron chi connectivity index (χ3n) is 1.56. The Hall–Kier alpha value is -1.69. The van der Waals surface area contributed by atoms with Gasteiger partial charge in [0.05, 0.1) is 0 Å². The number of nitrogens with two attached hydrogens (primary N) is 1. The van der Waals surface area contributed by atoms with Crippen LogP contribution in [0.25, 0.3) is 0 Å². The lowest BCUT2D eigenvalue weighted by molar-refractivity contribution is 0.158. The van der Waals surface area contributed by atoms with Crippen LogP contribution >= 0.6 is 0 Å². The Balaban J connectivity index is 2.58. The summed E-state index contributed by atoms with van der Waals surface area (Å²) >= 11 is 0. The van der Waals surface area contributed by atoms with Crippen LogP contribution in [-0.2, 0) is 0 Å². The number of guanidine groups is 1. The van der Waals surface area contributed by atoms with Gasteiger partial charge in [0, 0.05) is 5.69 Å². The number of rotatable bonds is 3. The van der Waals surface area contributed by atoms with Crippen molar-refractivity contribution in [2.75, 3.05) is 11.9 Å². The number of hydrogen-bond donors (Lipinski definition) is 3. The zero-order valence-electron chi connectivity index (χ0n) is 7.95. The van der Waals surface area contributed by atoms with Gasteiger partial charge in [-0.05, 0) is 12.1 Å². The van der Waals surface area contributed by atoms with Gasteiger partial charge < -0.3 is 5.32 Å². The number of nitrogens with one attached hydrogen (secondary N) is 2. The van der Waals surface area contributed by atoms with Crippen LogP contribution in [0.4, 0.5) is 14.5 Å². The van der Waals surface area contributed by atoms with Crippen molar-refractivity contribution in [3.63, 3.8) is 0 Å². The van der Waals surface area contributed by atoms with E-state index in [1.807, 2.05) is 18.2 Å². The number of anilines is 1. The molecule has 1 aromatic carbocycles. The number of benzene rings is 1. The fraction of sp³-hybridized carbons (Fsp3) is 0.222. The maximum absolute atomic E-state index is 11.9. The third kappa shape index (κ3) is 4.37. The lowest BCUT2D eigenvalue weighted by Gasteiger charge is -2.08. The molecule has 0 aliphatic rings. The average Bonchev–Trinajstić information content (AvgIpc) is 2.25. The second-order valence-electron chi connectivity index (χ2n) is 2.72. The minimum Gasteiger partial charge on any atom is -0.325 e. The van der Waals surface area contributed by atoms with E-state index in [4.69, 9.17) is 5.84 Å². The third-order valence-corrected chi connectivity index (χ3v) is 1.56. The lowest BCUT2D eigenvalue weighted by Crippen LogP contribution is -2.36. The van der Waals surface area contributed by atoms with Crippen molar-refractivity contribution in [1.29, 1.82) is 0 Å². The number of para-hydroxylation sites is 1. The van der Waals surface area contributed by atoms with Crippen molar-refractivity contribution in [2.45, 2.75) is 6.43 Å². The maximum atomic E-state index is 11.9. The summed E-state index contributed by atoms with van der Waals surface area (Å²) in [7, 11) is 0. The molecule has 0 spiro atoms. The first-order chi connectivity index (χ1) is 7.22. The molecule has 0 atom stereocenters. The summed E-state index contributed by atoms with van der Waals surface area (Å²) in [5.74, 6) is 5.23. The standard InChI is InChI=1S/C9H12F2N4/c10-8(11)6-13-9(15-12)14-7-4-2-1-3-5-7/h1-5,8H,6,12H2,(H2,13,14,15). The smallest absolute Gasteiger partial charge is 0.257 e. The largest absolute Gasteiger partial charge is 0.325 e. The number of nitrogens with zero attached hydrogens (tertiary/aromatic N) is 1. The van der Waals surface area contributed by atoms with Gasteiger partial charge in [0.2, 0.25) is 5.96 Å². The first kappa shape index (κ1) is 11.4. The molecule has 0 radical (unpaired) electrons.